The Morgan fingerprint density at radius 3 is 2.46 bits per heavy atom. The first-order chi connectivity index (χ1) is 12.2. The normalized spacial score (nSPS) is 26.0. The molecule has 1 N–H and O–H groups in total. The molecule has 26 heavy (non-hydrogen) atoms. The first-order valence-electron chi connectivity index (χ1n) is 9.23. The van der Waals surface area contributed by atoms with Crippen LogP contribution < -0.4 is 5.32 Å². The van der Waals surface area contributed by atoms with Crippen molar-refractivity contribution in [2.45, 2.75) is 38.1 Å². The number of carbonyl (C=O) groups is 2. The molecule has 0 saturated carbocycles. The van der Waals surface area contributed by atoms with Gasteiger partial charge in [-0.1, -0.05) is 42.3 Å². The lowest BCUT2D eigenvalue weighted by Gasteiger charge is -2.44. The summed E-state index contributed by atoms with van der Waals surface area (Å²) in [6, 6.07) is 7.49. The molecule has 1 aliphatic carbocycles. The van der Waals surface area contributed by atoms with Gasteiger partial charge in [-0.2, -0.15) is 0 Å². The number of benzene rings is 1. The molecule has 2 heterocycles. The molecule has 4 rings (SSSR count). The zero-order valence-corrected chi connectivity index (χ0v) is 16.2. The first-order valence-corrected chi connectivity index (χ1v) is 9.60. The number of hydrogen-bond acceptors (Lipinski definition) is 4. The van der Waals surface area contributed by atoms with Gasteiger partial charge in [0.2, 0.25) is 11.6 Å². The van der Waals surface area contributed by atoms with Gasteiger partial charge < -0.3 is 10.2 Å². The first kappa shape index (κ1) is 19.4. The van der Waals surface area contributed by atoms with E-state index in [4.69, 9.17) is 11.6 Å². The molecule has 0 aromatic heterocycles. The average molecular weight is 395 g/mol. The van der Waals surface area contributed by atoms with Crippen molar-refractivity contribution in [1.29, 1.82) is 0 Å². The summed E-state index contributed by atoms with van der Waals surface area (Å²) in [4.78, 5) is 27.8. The molecular formula is C20H24Cl2N2O2. The maximum atomic E-state index is 12.8. The Bertz CT molecular complexity index is 745. The van der Waals surface area contributed by atoms with Gasteiger partial charge in [0.05, 0.1) is 0 Å². The van der Waals surface area contributed by atoms with Gasteiger partial charge in [-0.3, -0.25) is 9.59 Å². The molecule has 140 valence electrons. The molecule has 0 amide bonds. The van der Waals surface area contributed by atoms with Crippen molar-refractivity contribution in [3.63, 3.8) is 0 Å². The number of piperidine rings is 2. The molecule has 0 bridgehead atoms. The topological polar surface area (TPSA) is 49.4 Å². The number of halogens is 2. The SMILES string of the molecule is Cl.O=C1C(Cl)=C(NCC2CCCN3CCCCC23)C(=O)c2ccccc21. The molecule has 2 saturated heterocycles. The highest BCUT2D eigenvalue weighted by atomic mass is 35.5. The summed E-state index contributed by atoms with van der Waals surface area (Å²) in [5, 5.41) is 3.27. The van der Waals surface area contributed by atoms with Crippen molar-refractivity contribution >= 4 is 35.6 Å². The van der Waals surface area contributed by atoms with E-state index in [1.807, 2.05) is 0 Å². The van der Waals surface area contributed by atoms with Crippen LogP contribution in [0.3, 0.4) is 0 Å². The summed E-state index contributed by atoms with van der Waals surface area (Å²) in [5.74, 6) is 0.0740. The van der Waals surface area contributed by atoms with Gasteiger partial charge >= 0.3 is 0 Å². The molecule has 6 heteroatoms. The van der Waals surface area contributed by atoms with Crippen LogP contribution in [0.4, 0.5) is 0 Å². The van der Waals surface area contributed by atoms with E-state index in [9.17, 15) is 9.59 Å². The molecule has 0 spiro atoms. The molecule has 1 aromatic carbocycles. The Morgan fingerprint density at radius 1 is 1.00 bits per heavy atom. The van der Waals surface area contributed by atoms with Crippen LogP contribution in [-0.2, 0) is 0 Å². The van der Waals surface area contributed by atoms with Crippen LogP contribution >= 0.6 is 24.0 Å². The Labute approximate surface area is 165 Å². The number of ketones is 2. The summed E-state index contributed by atoms with van der Waals surface area (Å²) >= 11 is 6.25. The second kappa shape index (κ2) is 8.12. The van der Waals surface area contributed by atoms with Crippen LogP contribution in [0, 0.1) is 5.92 Å². The Kier molecular flexibility index (Phi) is 6.06. The maximum Gasteiger partial charge on any atom is 0.211 e. The van der Waals surface area contributed by atoms with E-state index in [0.717, 1.165) is 6.42 Å². The molecular weight excluding hydrogens is 371 g/mol. The Balaban J connectivity index is 0.00000196. The predicted octanol–water partition coefficient (Wildman–Crippen LogP) is 3.79. The zero-order valence-electron chi connectivity index (χ0n) is 14.7. The van der Waals surface area contributed by atoms with Crippen molar-refractivity contribution in [2.75, 3.05) is 19.6 Å². The van der Waals surface area contributed by atoms with Crippen LogP contribution in [0.2, 0.25) is 0 Å². The highest BCUT2D eigenvalue weighted by molar-refractivity contribution is 6.49. The second-order valence-electron chi connectivity index (χ2n) is 7.28. The van der Waals surface area contributed by atoms with E-state index in [0.29, 0.717) is 29.6 Å². The third-order valence-electron chi connectivity index (χ3n) is 5.83. The zero-order chi connectivity index (χ0) is 17.4. The van der Waals surface area contributed by atoms with Gasteiger partial charge in [-0.15, -0.1) is 12.4 Å². The summed E-state index contributed by atoms with van der Waals surface area (Å²) in [6.07, 6.45) is 6.17. The third kappa shape index (κ3) is 3.42. The fourth-order valence-electron chi connectivity index (χ4n) is 4.55. The van der Waals surface area contributed by atoms with E-state index < -0.39 is 0 Å². The predicted molar refractivity (Wildman–Crippen MR) is 105 cm³/mol. The standard InChI is InChI=1S/C20H23ClN2O2.ClH/c21-17-18(20(25)15-8-2-1-7-14(15)19(17)24)22-12-13-6-5-11-23-10-4-3-9-16(13)23;/h1-2,7-8,13,16,22H,3-6,9-12H2;1H. The minimum Gasteiger partial charge on any atom is -0.380 e. The van der Waals surface area contributed by atoms with Crippen molar-refractivity contribution < 1.29 is 9.59 Å². The number of hydrogen-bond donors (Lipinski definition) is 1. The summed E-state index contributed by atoms with van der Waals surface area (Å²) < 4.78 is 0. The molecule has 2 atom stereocenters. The summed E-state index contributed by atoms with van der Waals surface area (Å²) in [6.45, 7) is 3.08. The smallest absolute Gasteiger partial charge is 0.211 e. The monoisotopic (exact) mass is 394 g/mol. The number of fused-ring (bicyclic) bond motifs is 2. The minimum atomic E-state index is -0.262. The molecule has 3 aliphatic rings. The lowest BCUT2D eigenvalue weighted by Crippen LogP contribution is -2.50. The van der Waals surface area contributed by atoms with Crippen molar-refractivity contribution in [2.24, 2.45) is 5.92 Å². The number of Topliss-reactive ketones (excluding diaryl/α,β-unsaturated/α-hetero) is 2. The van der Waals surface area contributed by atoms with Gasteiger partial charge in [0, 0.05) is 23.7 Å². The quantitative estimate of drug-likeness (QED) is 0.846. The Hall–Kier alpha value is -1.36. The fraction of sp³-hybridized carbons (Fsp3) is 0.500. The van der Waals surface area contributed by atoms with Crippen LogP contribution in [-0.4, -0.2) is 42.1 Å². The fourth-order valence-corrected chi connectivity index (χ4v) is 4.81. The largest absolute Gasteiger partial charge is 0.380 e. The Morgan fingerprint density at radius 2 is 1.69 bits per heavy atom. The molecule has 2 fully saturated rings. The third-order valence-corrected chi connectivity index (χ3v) is 6.19. The van der Waals surface area contributed by atoms with Gasteiger partial charge in [-0.05, 0) is 44.7 Å². The number of allylic oxidation sites excluding steroid dienone is 2. The summed E-state index contributed by atoms with van der Waals surface area (Å²) in [7, 11) is 0. The van der Waals surface area contributed by atoms with Gasteiger partial charge in [0.1, 0.15) is 10.7 Å². The maximum absolute atomic E-state index is 12.8. The van der Waals surface area contributed by atoms with E-state index in [1.165, 1.54) is 38.8 Å². The number of rotatable bonds is 3. The highest BCUT2D eigenvalue weighted by Gasteiger charge is 2.35. The number of nitrogens with zero attached hydrogens (tertiary/aromatic N) is 1. The van der Waals surface area contributed by atoms with E-state index in [1.54, 1.807) is 24.3 Å². The lowest BCUT2D eigenvalue weighted by molar-refractivity contribution is 0.0602. The van der Waals surface area contributed by atoms with E-state index >= 15 is 0 Å². The highest BCUT2D eigenvalue weighted by Crippen LogP contribution is 2.32. The van der Waals surface area contributed by atoms with Crippen molar-refractivity contribution in [3.8, 4) is 0 Å². The average Bonchev–Trinajstić information content (AvgIpc) is 2.66. The summed E-state index contributed by atoms with van der Waals surface area (Å²) in [5.41, 5.74) is 1.12. The van der Waals surface area contributed by atoms with Gasteiger partial charge in [0.25, 0.3) is 0 Å². The van der Waals surface area contributed by atoms with Crippen molar-refractivity contribution in [3.05, 3.63) is 46.1 Å². The van der Waals surface area contributed by atoms with Crippen LogP contribution in [0.1, 0.15) is 52.8 Å². The molecule has 2 aliphatic heterocycles. The second-order valence-corrected chi connectivity index (χ2v) is 7.65. The molecule has 0 radical (unpaired) electrons. The number of nitrogens with one attached hydrogen (secondary N) is 1. The van der Waals surface area contributed by atoms with E-state index in [-0.39, 0.29) is 34.7 Å². The minimum absolute atomic E-state index is 0. The van der Waals surface area contributed by atoms with Gasteiger partial charge in [0.15, 0.2) is 0 Å². The molecule has 1 aromatic rings. The van der Waals surface area contributed by atoms with Crippen LogP contribution in [0.5, 0.6) is 0 Å². The van der Waals surface area contributed by atoms with E-state index in [2.05, 4.69) is 10.2 Å². The van der Waals surface area contributed by atoms with Crippen LogP contribution in [0.25, 0.3) is 0 Å². The van der Waals surface area contributed by atoms with Gasteiger partial charge in [-0.25, -0.2) is 0 Å². The lowest BCUT2D eigenvalue weighted by atomic mass is 9.83. The molecule has 2 unspecified atom stereocenters. The van der Waals surface area contributed by atoms with Crippen molar-refractivity contribution in [1.82, 2.24) is 10.2 Å². The molecule has 4 nitrogen and oxygen atoms in total. The van der Waals surface area contributed by atoms with Crippen LogP contribution in [0.15, 0.2) is 35.0 Å². The number of carbonyl (C=O) groups excluding carboxylic acids is 2.